The van der Waals surface area contributed by atoms with Crippen LogP contribution in [0.4, 0.5) is 0 Å². The third-order valence-corrected chi connectivity index (χ3v) is 2.48. The summed E-state index contributed by atoms with van der Waals surface area (Å²) in [6, 6.07) is 3.95. The number of pyridine rings is 1. The summed E-state index contributed by atoms with van der Waals surface area (Å²) in [5.74, 6) is 0. The normalized spacial score (nSPS) is 19.7. The maximum atomic E-state index is 5.98. The van der Waals surface area contributed by atoms with Crippen LogP contribution in [0.2, 0.25) is 0 Å². The molecule has 0 spiro atoms. The molecule has 0 aliphatic heterocycles. The number of hydrogen-bond donors (Lipinski definition) is 2. The second kappa shape index (κ2) is 2.16. The molecule has 11 heavy (non-hydrogen) atoms. The number of aromatic nitrogens is 1. The molecule has 1 heterocycles. The SMILES string of the molecule is NC1(c2ccc[nH]c2=S)CC1. The summed E-state index contributed by atoms with van der Waals surface area (Å²) in [6.45, 7) is 0. The number of aromatic amines is 1. The molecule has 1 aromatic heterocycles. The van der Waals surface area contributed by atoms with Crippen LogP contribution >= 0.6 is 12.2 Å². The molecule has 0 aromatic carbocycles. The van der Waals surface area contributed by atoms with Gasteiger partial charge in [0.05, 0.1) is 0 Å². The Morgan fingerprint density at radius 3 is 2.82 bits per heavy atom. The van der Waals surface area contributed by atoms with Gasteiger partial charge in [0, 0.05) is 17.3 Å². The Bertz CT molecular complexity index is 325. The van der Waals surface area contributed by atoms with E-state index < -0.39 is 0 Å². The van der Waals surface area contributed by atoms with Crippen molar-refractivity contribution >= 4 is 12.2 Å². The van der Waals surface area contributed by atoms with E-state index in [1.54, 1.807) is 0 Å². The Labute approximate surface area is 70.4 Å². The third-order valence-electron chi connectivity index (χ3n) is 2.14. The first-order valence-electron chi connectivity index (χ1n) is 3.69. The zero-order valence-electron chi connectivity index (χ0n) is 6.13. The monoisotopic (exact) mass is 166 g/mol. The van der Waals surface area contributed by atoms with Gasteiger partial charge in [-0.3, -0.25) is 0 Å². The minimum Gasteiger partial charge on any atom is -0.353 e. The van der Waals surface area contributed by atoms with Crippen molar-refractivity contribution in [1.29, 1.82) is 0 Å². The van der Waals surface area contributed by atoms with E-state index in [1.807, 2.05) is 18.3 Å². The van der Waals surface area contributed by atoms with E-state index in [1.165, 1.54) is 0 Å². The van der Waals surface area contributed by atoms with E-state index in [0.29, 0.717) is 0 Å². The lowest BCUT2D eigenvalue weighted by Crippen LogP contribution is -2.19. The first kappa shape index (κ1) is 7.00. The van der Waals surface area contributed by atoms with Crippen LogP contribution in [0.3, 0.4) is 0 Å². The van der Waals surface area contributed by atoms with Gasteiger partial charge in [0.15, 0.2) is 0 Å². The summed E-state index contributed by atoms with van der Waals surface area (Å²) in [4.78, 5) is 2.98. The predicted molar refractivity (Wildman–Crippen MR) is 46.7 cm³/mol. The van der Waals surface area contributed by atoms with Gasteiger partial charge in [-0.1, -0.05) is 18.3 Å². The predicted octanol–water partition coefficient (Wildman–Crippen LogP) is 1.69. The number of rotatable bonds is 1. The summed E-state index contributed by atoms with van der Waals surface area (Å²) in [5.41, 5.74) is 6.97. The smallest absolute Gasteiger partial charge is 0.108 e. The van der Waals surface area contributed by atoms with Crippen molar-refractivity contribution in [3.63, 3.8) is 0 Å². The molecule has 0 radical (unpaired) electrons. The van der Waals surface area contributed by atoms with Gasteiger partial charge in [-0.05, 0) is 18.9 Å². The number of nitrogens with one attached hydrogen (secondary N) is 1. The van der Waals surface area contributed by atoms with E-state index in [0.717, 1.165) is 23.0 Å². The van der Waals surface area contributed by atoms with Crippen LogP contribution in [0.15, 0.2) is 18.3 Å². The molecule has 3 heteroatoms. The van der Waals surface area contributed by atoms with E-state index >= 15 is 0 Å². The summed E-state index contributed by atoms with van der Waals surface area (Å²) in [5, 5.41) is 0. The first-order chi connectivity index (χ1) is 5.22. The van der Waals surface area contributed by atoms with Gasteiger partial charge in [0.2, 0.25) is 0 Å². The minimum absolute atomic E-state index is 0.102. The molecule has 2 rings (SSSR count). The molecule has 1 aliphatic rings. The maximum Gasteiger partial charge on any atom is 0.108 e. The topological polar surface area (TPSA) is 41.8 Å². The van der Waals surface area contributed by atoms with Crippen LogP contribution in [-0.2, 0) is 5.54 Å². The molecule has 1 aromatic rings. The minimum atomic E-state index is -0.102. The fourth-order valence-corrected chi connectivity index (χ4v) is 1.56. The van der Waals surface area contributed by atoms with Crippen molar-refractivity contribution in [3.05, 3.63) is 28.5 Å². The van der Waals surface area contributed by atoms with Crippen LogP contribution < -0.4 is 5.73 Å². The van der Waals surface area contributed by atoms with E-state index in [2.05, 4.69) is 4.98 Å². The maximum absolute atomic E-state index is 5.98. The number of nitrogens with two attached hydrogens (primary N) is 1. The van der Waals surface area contributed by atoms with Crippen molar-refractivity contribution < 1.29 is 0 Å². The Balaban J connectivity index is 2.53. The highest BCUT2D eigenvalue weighted by Crippen LogP contribution is 2.42. The van der Waals surface area contributed by atoms with Gasteiger partial charge in [0.25, 0.3) is 0 Å². The van der Waals surface area contributed by atoms with E-state index in [9.17, 15) is 0 Å². The molecule has 58 valence electrons. The highest BCUT2D eigenvalue weighted by molar-refractivity contribution is 7.71. The van der Waals surface area contributed by atoms with Crippen molar-refractivity contribution in [1.82, 2.24) is 4.98 Å². The lowest BCUT2D eigenvalue weighted by Gasteiger charge is -2.07. The quantitative estimate of drug-likeness (QED) is 0.623. The van der Waals surface area contributed by atoms with Gasteiger partial charge in [-0.25, -0.2) is 0 Å². The van der Waals surface area contributed by atoms with E-state index in [-0.39, 0.29) is 5.54 Å². The molecule has 0 bridgehead atoms. The van der Waals surface area contributed by atoms with Gasteiger partial charge in [-0.15, -0.1) is 0 Å². The molecule has 0 amide bonds. The number of hydrogen-bond acceptors (Lipinski definition) is 2. The Morgan fingerprint density at radius 1 is 1.55 bits per heavy atom. The second-order valence-corrected chi connectivity index (χ2v) is 3.48. The van der Waals surface area contributed by atoms with Gasteiger partial charge < -0.3 is 10.7 Å². The van der Waals surface area contributed by atoms with Gasteiger partial charge in [0.1, 0.15) is 4.64 Å². The molecular weight excluding hydrogens is 156 g/mol. The van der Waals surface area contributed by atoms with Crippen molar-refractivity contribution in [3.8, 4) is 0 Å². The summed E-state index contributed by atoms with van der Waals surface area (Å²) in [6.07, 6.45) is 3.96. The zero-order valence-corrected chi connectivity index (χ0v) is 6.95. The van der Waals surface area contributed by atoms with Crippen LogP contribution in [0.25, 0.3) is 0 Å². The van der Waals surface area contributed by atoms with E-state index in [4.69, 9.17) is 18.0 Å². The zero-order chi connectivity index (χ0) is 7.90. The molecule has 3 N–H and O–H groups in total. The third kappa shape index (κ3) is 1.10. The van der Waals surface area contributed by atoms with Gasteiger partial charge >= 0.3 is 0 Å². The Morgan fingerprint density at radius 2 is 2.27 bits per heavy atom. The lowest BCUT2D eigenvalue weighted by molar-refractivity contribution is 0.731. The highest BCUT2D eigenvalue weighted by atomic mass is 32.1. The largest absolute Gasteiger partial charge is 0.353 e. The molecule has 2 nitrogen and oxygen atoms in total. The van der Waals surface area contributed by atoms with Crippen LogP contribution in [0, 0.1) is 4.64 Å². The standard InChI is InChI=1S/C8H10N2S/c9-8(3-4-8)6-2-1-5-10-7(6)11/h1-2,5H,3-4,9H2,(H,10,11). The van der Waals surface area contributed by atoms with Crippen molar-refractivity contribution in [2.75, 3.05) is 0 Å². The average Bonchev–Trinajstić information content (AvgIpc) is 2.70. The fourth-order valence-electron chi connectivity index (χ4n) is 1.22. The van der Waals surface area contributed by atoms with Crippen LogP contribution in [0.5, 0.6) is 0 Å². The molecule has 0 unspecified atom stereocenters. The van der Waals surface area contributed by atoms with Gasteiger partial charge in [-0.2, -0.15) is 0 Å². The summed E-state index contributed by atoms with van der Waals surface area (Å²) in [7, 11) is 0. The molecule has 1 saturated carbocycles. The van der Waals surface area contributed by atoms with Crippen LogP contribution in [-0.4, -0.2) is 4.98 Å². The average molecular weight is 166 g/mol. The highest BCUT2D eigenvalue weighted by Gasteiger charge is 2.40. The number of H-pyrrole nitrogens is 1. The van der Waals surface area contributed by atoms with Crippen molar-refractivity contribution in [2.24, 2.45) is 5.73 Å². The summed E-state index contributed by atoms with van der Waals surface area (Å²) >= 11 is 5.10. The fraction of sp³-hybridized carbons (Fsp3) is 0.375. The van der Waals surface area contributed by atoms with Crippen molar-refractivity contribution in [2.45, 2.75) is 18.4 Å². The molecular formula is C8H10N2S. The summed E-state index contributed by atoms with van der Waals surface area (Å²) < 4.78 is 0.785. The Hall–Kier alpha value is -0.670. The first-order valence-corrected chi connectivity index (χ1v) is 4.10. The molecule has 0 saturated heterocycles. The van der Waals surface area contributed by atoms with Crippen LogP contribution in [0.1, 0.15) is 18.4 Å². The Kier molecular flexibility index (Phi) is 1.37. The molecule has 1 aliphatic carbocycles. The second-order valence-electron chi connectivity index (χ2n) is 3.07. The molecule has 1 fully saturated rings. The lowest BCUT2D eigenvalue weighted by atomic mass is 10.1. The molecule has 0 atom stereocenters.